The summed E-state index contributed by atoms with van der Waals surface area (Å²) in [4.78, 5) is 42.2. The molecule has 0 unspecified atom stereocenters. The van der Waals surface area contributed by atoms with E-state index in [4.69, 9.17) is 14.2 Å². The van der Waals surface area contributed by atoms with E-state index < -0.39 is 23.3 Å². The highest BCUT2D eigenvalue weighted by molar-refractivity contribution is 6.25. The molecule has 2 aromatic carbocycles. The van der Waals surface area contributed by atoms with Gasteiger partial charge in [0.1, 0.15) is 16.9 Å². The van der Waals surface area contributed by atoms with Gasteiger partial charge >= 0.3 is 11.9 Å². The van der Waals surface area contributed by atoms with E-state index in [1.807, 2.05) is 63.2 Å². The molecule has 0 saturated heterocycles. The monoisotopic (exact) mass is 612 g/mol. The van der Waals surface area contributed by atoms with Gasteiger partial charge in [-0.3, -0.25) is 4.79 Å². The average molecular weight is 613 g/mol. The Labute approximate surface area is 265 Å². The first-order valence-corrected chi connectivity index (χ1v) is 15.8. The molecule has 1 aromatic heterocycles. The predicted octanol–water partition coefficient (Wildman–Crippen LogP) is 7.29. The van der Waals surface area contributed by atoms with E-state index >= 15 is 0 Å². The lowest BCUT2D eigenvalue weighted by atomic mass is 9.81. The van der Waals surface area contributed by atoms with Gasteiger partial charge in [0.05, 0.1) is 31.5 Å². The van der Waals surface area contributed by atoms with Gasteiger partial charge in [0, 0.05) is 42.3 Å². The van der Waals surface area contributed by atoms with E-state index in [0.29, 0.717) is 22.8 Å². The third kappa shape index (κ3) is 6.70. The minimum atomic E-state index is -0.667. The molecule has 0 spiro atoms. The number of methoxy groups -OCH3 is 1. The van der Waals surface area contributed by atoms with Gasteiger partial charge in [-0.1, -0.05) is 25.3 Å². The molecule has 0 radical (unpaired) electrons. The molecule has 5 rings (SSSR count). The second-order valence-electron chi connectivity index (χ2n) is 13.1. The number of benzene rings is 2. The molecule has 238 valence electrons. The molecule has 2 heterocycles. The van der Waals surface area contributed by atoms with E-state index in [1.54, 1.807) is 33.0 Å². The third-order valence-corrected chi connectivity index (χ3v) is 8.34. The van der Waals surface area contributed by atoms with Crippen molar-refractivity contribution >= 4 is 34.7 Å². The van der Waals surface area contributed by atoms with Crippen LogP contribution < -0.4 is 4.74 Å². The number of carbonyl (C=O) groups is 3. The molecule has 0 atom stereocenters. The second kappa shape index (κ2) is 13.0. The number of aromatic nitrogens is 1. The van der Waals surface area contributed by atoms with Crippen LogP contribution in [0.4, 0.5) is 0 Å². The molecule has 1 fully saturated rings. The lowest BCUT2D eigenvalue weighted by Crippen LogP contribution is -2.24. The third-order valence-electron chi connectivity index (χ3n) is 8.34. The zero-order valence-electron chi connectivity index (χ0n) is 27.5. The van der Waals surface area contributed by atoms with Crippen molar-refractivity contribution < 1.29 is 28.6 Å². The van der Waals surface area contributed by atoms with E-state index in [9.17, 15) is 14.4 Å². The fourth-order valence-corrected chi connectivity index (χ4v) is 6.49. The van der Waals surface area contributed by atoms with Crippen LogP contribution in [0.1, 0.15) is 87.2 Å². The Hall–Kier alpha value is -4.33. The van der Waals surface area contributed by atoms with Crippen LogP contribution in [-0.4, -0.2) is 60.6 Å². The molecule has 1 aliphatic heterocycles. The van der Waals surface area contributed by atoms with Gasteiger partial charge in [-0.15, -0.1) is 0 Å². The minimum Gasteiger partial charge on any atom is -0.497 e. The van der Waals surface area contributed by atoms with Crippen molar-refractivity contribution in [3.8, 4) is 17.0 Å². The lowest BCUT2D eigenvalue weighted by Gasteiger charge is -2.24. The summed E-state index contributed by atoms with van der Waals surface area (Å²) >= 11 is 0. The van der Waals surface area contributed by atoms with Crippen molar-refractivity contribution in [2.24, 2.45) is 0 Å². The molecule has 0 amide bonds. The number of ether oxygens (including phenoxy) is 3. The van der Waals surface area contributed by atoms with E-state index in [2.05, 4.69) is 4.57 Å². The van der Waals surface area contributed by atoms with Crippen LogP contribution in [0.2, 0.25) is 0 Å². The largest absolute Gasteiger partial charge is 0.497 e. The topological polar surface area (TPSA) is 87.1 Å². The normalized spacial score (nSPS) is 15.4. The van der Waals surface area contributed by atoms with Gasteiger partial charge in [-0.05, 0) is 94.0 Å². The number of hydrogen-bond acceptors (Lipinski definition) is 7. The maximum Gasteiger partial charge on any atom is 0.343 e. The van der Waals surface area contributed by atoms with Gasteiger partial charge in [-0.25, -0.2) is 9.59 Å². The summed E-state index contributed by atoms with van der Waals surface area (Å²) in [5.41, 5.74) is 5.12. The maximum absolute atomic E-state index is 14.3. The Kier molecular flexibility index (Phi) is 9.23. The first-order chi connectivity index (χ1) is 21.4. The Morgan fingerprint density at radius 2 is 1.76 bits per heavy atom. The van der Waals surface area contributed by atoms with Crippen molar-refractivity contribution in [1.29, 1.82) is 0 Å². The Bertz CT molecular complexity index is 1700. The fraction of sp³-hybridized carbons (Fsp3) is 0.432. The zero-order chi connectivity index (χ0) is 32.5. The van der Waals surface area contributed by atoms with Crippen molar-refractivity contribution in [2.75, 3.05) is 27.8 Å². The number of allylic oxidation sites excluding steroid dienone is 1. The summed E-state index contributed by atoms with van der Waals surface area (Å²) in [5.74, 6) is -0.473. The predicted molar refractivity (Wildman–Crippen MR) is 176 cm³/mol. The summed E-state index contributed by atoms with van der Waals surface area (Å²) < 4.78 is 18.8. The van der Waals surface area contributed by atoms with Crippen LogP contribution in [-0.2, 0) is 25.6 Å². The number of nitrogens with zero attached hydrogens (tertiary/aromatic N) is 2. The van der Waals surface area contributed by atoms with Gasteiger partial charge in [0.25, 0.3) is 0 Å². The molecule has 8 nitrogen and oxygen atoms in total. The zero-order valence-corrected chi connectivity index (χ0v) is 27.5. The van der Waals surface area contributed by atoms with Crippen molar-refractivity contribution in [1.82, 2.24) is 9.47 Å². The molecule has 45 heavy (non-hydrogen) atoms. The molecule has 0 bridgehead atoms. The summed E-state index contributed by atoms with van der Waals surface area (Å²) in [5, 5.41) is 1.06. The number of rotatable bonds is 8. The highest BCUT2D eigenvalue weighted by Crippen LogP contribution is 2.47. The Morgan fingerprint density at radius 1 is 1.02 bits per heavy atom. The number of carbonyl (C=O) groups excluding carboxylic acids is 3. The molecular weight excluding hydrogens is 568 g/mol. The van der Waals surface area contributed by atoms with Crippen molar-refractivity contribution in [3.63, 3.8) is 0 Å². The average Bonchev–Trinajstić information content (AvgIpc) is 3.21. The summed E-state index contributed by atoms with van der Waals surface area (Å²) in [7, 11) is 5.15. The molecule has 1 saturated carbocycles. The second-order valence-corrected chi connectivity index (χ2v) is 13.1. The molecular formula is C37H44N2O6. The molecule has 1 aliphatic carbocycles. The van der Waals surface area contributed by atoms with Crippen molar-refractivity contribution in [2.45, 2.75) is 77.9 Å². The number of ketones is 1. The minimum absolute atomic E-state index is 0.0422. The standard InChI is InChI=1S/C37H44N2O6/c1-8-44-36(42)30(22-38(5)6)34(40)26-18-25-19-27(43-7)15-17-28(25)33-32(23-12-10-9-11-13-23)29-16-14-24(20-31(29)39(33)21-26)35(41)45-37(2,3)4/h14-20,22-23H,8-13,21H2,1-7H3. The van der Waals surface area contributed by atoms with E-state index in [1.165, 1.54) is 18.2 Å². The molecule has 3 aromatic rings. The van der Waals surface area contributed by atoms with Crippen LogP contribution in [0.15, 0.2) is 53.7 Å². The van der Waals surface area contributed by atoms with Gasteiger partial charge in [0.2, 0.25) is 0 Å². The highest BCUT2D eigenvalue weighted by Gasteiger charge is 2.32. The summed E-state index contributed by atoms with van der Waals surface area (Å²) in [6.45, 7) is 7.63. The van der Waals surface area contributed by atoms with Crippen molar-refractivity contribution in [3.05, 3.63) is 70.4 Å². The van der Waals surface area contributed by atoms with Crippen LogP contribution >= 0.6 is 0 Å². The number of Topliss-reactive ketones (excluding diaryl/α,β-unsaturated/α-hetero) is 1. The maximum atomic E-state index is 14.3. The number of esters is 2. The number of fused-ring (bicyclic) bond motifs is 5. The molecule has 2 aliphatic rings. The van der Waals surface area contributed by atoms with E-state index in [0.717, 1.165) is 53.4 Å². The fourth-order valence-electron chi connectivity index (χ4n) is 6.49. The quantitative estimate of drug-likeness (QED) is 0.114. The Morgan fingerprint density at radius 3 is 2.40 bits per heavy atom. The van der Waals surface area contributed by atoms with E-state index in [-0.39, 0.29) is 18.7 Å². The Balaban J connectivity index is 1.78. The van der Waals surface area contributed by atoms with Crippen LogP contribution in [0.5, 0.6) is 5.75 Å². The van der Waals surface area contributed by atoms with Gasteiger partial charge < -0.3 is 23.7 Å². The number of hydrogen-bond donors (Lipinski definition) is 0. The SMILES string of the molecule is CCOC(=O)C(=CN(C)C)C(=O)C1=Cc2cc(OC)ccc2-c2c(C3CCCCC3)c3ccc(C(=O)OC(C)(C)C)cc3n2C1. The molecule has 0 N–H and O–H groups in total. The van der Waals surface area contributed by atoms with Gasteiger partial charge in [0.15, 0.2) is 5.78 Å². The molecule has 8 heteroatoms. The van der Waals surface area contributed by atoms with Crippen LogP contribution in [0.25, 0.3) is 28.2 Å². The van der Waals surface area contributed by atoms with Gasteiger partial charge in [-0.2, -0.15) is 0 Å². The smallest absolute Gasteiger partial charge is 0.343 e. The van der Waals surface area contributed by atoms with Crippen LogP contribution in [0.3, 0.4) is 0 Å². The summed E-state index contributed by atoms with van der Waals surface area (Å²) in [6, 6.07) is 11.7. The summed E-state index contributed by atoms with van der Waals surface area (Å²) in [6.07, 6.45) is 9.05. The highest BCUT2D eigenvalue weighted by atomic mass is 16.6. The lowest BCUT2D eigenvalue weighted by molar-refractivity contribution is -0.139. The first kappa shape index (κ1) is 32.1. The van der Waals surface area contributed by atoms with Crippen LogP contribution in [0, 0.1) is 0 Å². The first-order valence-electron chi connectivity index (χ1n) is 15.8.